The molecule has 1 atom stereocenters. The molecule has 4 nitrogen and oxygen atoms in total. The monoisotopic (exact) mass is 294 g/mol. The largest absolute Gasteiger partial charge is 0.550 e. The number of amides is 1. The number of nitrogens with one attached hydrogen (secondary N) is 1. The van der Waals surface area contributed by atoms with E-state index < -0.39 is 30.5 Å². The number of carbonyl (C=O) groups is 2. The molecule has 0 aliphatic carbocycles. The van der Waals surface area contributed by atoms with Gasteiger partial charge in [-0.15, -0.1) is 0 Å². The second kappa shape index (κ2) is 5.92. The second-order valence-electron chi connectivity index (χ2n) is 3.65. The highest BCUT2D eigenvalue weighted by molar-refractivity contribution is 6.30. The first-order valence-electron chi connectivity index (χ1n) is 5.03. The van der Waals surface area contributed by atoms with Gasteiger partial charge in [0, 0.05) is 17.4 Å². The van der Waals surface area contributed by atoms with E-state index in [1.54, 1.807) is 5.32 Å². The SMILES string of the molecule is O=C([O-])C[C@@H](NC(=O)C(F)(F)F)c1ccc(Cl)cc1. The molecule has 1 rings (SSSR count). The fourth-order valence-electron chi connectivity index (χ4n) is 1.35. The summed E-state index contributed by atoms with van der Waals surface area (Å²) in [6.07, 6.45) is -5.86. The topological polar surface area (TPSA) is 69.2 Å². The molecule has 1 aromatic rings. The van der Waals surface area contributed by atoms with Crippen molar-refractivity contribution < 1.29 is 27.9 Å². The maximum absolute atomic E-state index is 12.1. The lowest BCUT2D eigenvalue weighted by Gasteiger charge is -2.20. The zero-order valence-electron chi connectivity index (χ0n) is 9.33. The number of carboxylic acid groups (broad SMARTS) is 1. The highest BCUT2D eigenvalue weighted by Gasteiger charge is 2.39. The van der Waals surface area contributed by atoms with Gasteiger partial charge in [-0.2, -0.15) is 13.2 Å². The summed E-state index contributed by atoms with van der Waals surface area (Å²) < 4.78 is 36.4. The first-order valence-corrected chi connectivity index (χ1v) is 5.41. The minimum atomic E-state index is -5.09. The standard InChI is InChI=1S/C11H9ClF3NO3/c12-7-3-1-6(2-4-7)8(5-9(17)18)16-10(19)11(13,14)15/h1-4,8H,5H2,(H,16,19)(H,17,18)/p-1/t8-/m1/s1. The predicted octanol–water partition coefficient (Wildman–Crippen LogP) is 1.20. The van der Waals surface area contributed by atoms with Gasteiger partial charge in [-0.3, -0.25) is 4.79 Å². The Hall–Kier alpha value is -1.76. The average Bonchev–Trinajstić information content (AvgIpc) is 2.27. The molecule has 0 heterocycles. The van der Waals surface area contributed by atoms with E-state index in [1.165, 1.54) is 24.3 Å². The van der Waals surface area contributed by atoms with E-state index in [0.717, 1.165) is 0 Å². The summed E-state index contributed by atoms with van der Waals surface area (Å²) >= 11 is 5.60. The number of carboxylic acids is 1. The van der Waals surface area contributed by atoms with Crippen LogP contribution in [0.4, 0.5) is 13.2 Å². The van der Waals surface area contributed by atoms with Gasteiger partial charge in [-0.1, -0.05) is 23.7 Å². The summed E-state index contributed by atoms with van der Waals surface area (Å²) in [6.45, 7) is 0. The summed E-state index contributed by atoms with van der Waals surface area (Å²) in [5.74, 6) is -3.80. The molecule has 0 spiro atoms. The van der Waals surface area contributed by atoms with Gasteiger partial charge in [0.25, 0.3) is 0 Å². The third-order valence-electron chi connectivity index (χ3n) is 2.21. The van der Waals surface area contributed by atoms with Gasteiger partial charge in [0.15, 0.2) is 0 Å². The lowest BCUT2D eigenvalue weighted by Crippen LogP contribution is -2.41. The van der Waals surface area contributed by atoms with Gasteiger partial charge in [0.1, 0.15) is 0 Å². The van der Waals surface area contributed by atoms with Gasteiger partial charge >= 0.3 is 12.1 Å². The molecule has 1 amide bonds. The molecule has 0 aliphatic rings. The third kappa shape index (κ3) is 4.78. The maximum atomic E-state index is 12.1. The van der Waals surface area contributed by atoms with Crippen LogP contribution < -0.4 is 10.4 Å². The average molecular weight is 295 g/mol. The van der Waals surface area contributed by atoms with Crippen LogP contribution in [0.1, 0.15) is 18.0 Å². The third-order valence-corrected chi connectivity index (χ3v) is 2.46. The Labute approximate surface area is 111 Å². The molecule has 0 bridgehead atoms. The molecule has 1 N–H and O–H groups in total. The minimum Gasteiger partial charge on any atom is -0.550 e. The van der Waals surface area contributed by atoms with E-state index in [4.69, 9.17) is 11.6 Å². The Kier molecular flexibility index (Phi) is 4.77. The first kappa shape index (κ1) is 15.3. The quantitative estimate of drug-likeness (QED) is 0.907. The number of alkyl halides is 3. The van der Waals surface area contributed by atoms with Crippen LogP contribution in [-0.2, 0) is 9.59 Å². The summed E-state index contributed by atoms with van der Waals surface area (Å²) in [5, 5.41) is 12.4. The van der Waals surface area contributed by atoms with E-state index in [-0.39, 0.29) is 5.56 Å². The highest BCUT2D eigenvalue weighted by atomic mass is 35.5. The minimum absolute atomic E-state index is 0.186. The first-order chi connectivity index (χ1) is 8.70. The fourth-order valence-corrected chi connectivity index (χ4v) is 1.48. The van der Waals surface area contributed by atoms with Crippen LogP contribution in [0.2, 0.25) is 5.02 Å². The van der Waals surface area contributed by atoms with Crippen molar-refractivity contribution in [3.8, 4) is 0 Å². The number of hydrogen-bond acceptors (Lipinski definition) is 3. The smallest absolute Gasteiger partial charge is 0.471 e. The molecule has 1 aromatic carbocycles. The van der Waals surface area contributed by atoms with Crippen molar-refractivity contribution in [2.45, 2.75) is 18.6 Å². The van der Waals surface area contributed by atoms with Crippen molar-refractivity contribution in [1.29, 1.82) is 0 Å². The van der Waals surface area contributed by atoms with Crippen molar-refractivity contribution in [2.24, 2.45) is 0 Å². The highest BCUT2D eigenvalue weighted by Crippen LogP contribution is 2.22. The normalized spacial score (nSPS) is 12.8. The molecule has 0 fully saturated rings. The molecule has 0 aliphatic heterocycles. The molecule has 19 heavy (non-hydrogen) atoms. The Balaban J connectivity index is 2.92. The number of carbonyl (C=O) groups excluding carboxylic acids is 2. The number of benzene rings is 1. The Bertz CT molecular complexity index is 473. The molecule has 0 saturated heterocycles. The van der Waals surface area contributed by atoms with Crippen molar-refractivity contribution in [3.63, 3.8) is 0 Å². The molecular formula is C11H8ClF3NO3-. The van der Waals surface area contributed by atoms with Gasteiger partial charge in [0.2, 0.25) is 0 Å². The molecule has 0 radical (unpaired) electrons. The van der Waals surface area contributed by atoms with Crippen LogP contribution in [0, 0.1) is 0 Å². The summed E-state index contributed by atoms with van der Waals surface area (Å²) in [6, 6.07) is 4.06. The molecule has 0 aromatic heterocycles. The predicted molar refractivity (Wildman–Crippen MR) is 58.0 cm³/mol. The van der Waals surface area contributed by atoms with Crippen LogP contribution in [-0.4, -0.2) is 18.1 Å². The van der Waals surface area contributed by atoms with Gasteiger partial charge in [0.05, 0.1) is 6.04 Å². The van der Waals surface area contributed by atoms with E-state index in [2.05, 4.69) is 0 Å². The van der Waals surface area contributed by atoms with Crippen molar-refractivity contribution in [1.82, 2.24) is 5.32 Å². The van der Waals surface area contributed by atoms with E-state index >= 15 is 0 Å². The Morgan fingerprint density at radius 1 is 1.26 bits per heavy atom. The maximum Gasteiger partial charge on any atom is 0.471 e. The van der Waals surface area contributed by atoms with E-state index in [9.17, 15) is 27.9 Å². The Morgan fingerprint density at radius 3 is 2.21 bits per heavy atom. The number of aliphatic carboxylic acids is 1. The van der Waals surface area contributed by atoms with Crippen molar-refractivity contribution in [2.75, 3.05) is 0 Å². The van der Waals surface area contributed by atoms with Gasteiger partial charge in [-0.05, 0) is 17.7 Å². The van der Waals surface area contributed by atoms with Crippen LogP contribution in [0.3, 0.4) is 0 Å². The van der Waals surface area contributed by atoms with Crippen LogP contribution in [0.15, 0.2) is 24.3 Å². The number of rotatable bonds is 4. The summed E-state index contributed by atoms with van der Waals surface area (Å²) in [4.78, 5) is 21.3. The number of hydrogen-bond donors (Lipinski definition) is 1. The van der Waals surface area contributed by atoms with Crippen LogP contribution in [0.25, 0.3) is 0 Å². The lowest BCUT2D eigenvalue weighted by molar-refractivity contribution is -0.306. The molecule has 0 unspecified atom stereocenters. The zero-order valence-corrected chi connectivity index (χ0v) is 10.1. The summed E-state index contributed by atoms with van der Waals surface area (Å²) in [7, 11) is 0. The lowest BCUT2D eigenvalue weighted by atomic mass is 10.0. The fraction of sp³-hybridized carbons (Fsp3) is 0.273. The molecule has 104 valence electrons. The summed E-state index contributed by atoms with van der Waals surface area (Å²) in [5.41, 5.74) is 0.186. The van der Waals surface area contributed by atoms with Crippen LogP contribution in [0.5, 0.6) is 0 Å². The number of halogens is 4. The second-order valence-corrected chi connectivity index (χ2v) is 4.09. The van der Waals surface area contributed by atoms with Crippen LogP contribution >= 0.6 is 11.6 Å². The molecule has 8 heteroatoms. The van der Waals surface area contributed by atoms with E-state index in [0.29, 0.717) is 5.02 Å². The van der Waals surface area contributed by atoms with Gasteiger partial charge in [-0.25, -0.2) is 0 Å². The van der Waals surface area contributed by atoms with Crippen molar-refractivity contribution >= 4 is 23.5 Å². The zero-order chi connectivity index (χ0) is 14.6. The molecular weight excluding hydrogens is 287 g/mol. The Morgan fingerprint density at radius 2 is 1.79 bits per heavy atom. The molecule has 0 saturated carbocycles. The van der Waals surface area contributed by atoms with Crippen molar-refractivity contribution in [3.05, 3.63) is 34.9 Å². The van der Waals surface area contributed by atoms with Gasteiger partial charge < -0.3 is 15.2 Å². The van der Waals surface area contributed by atoms with E-state index in [1.807, 2.05) is 0 Å².